The third-order valence-corrected chi connectivity index (χ3v) is 2.58. The molecule has 0 aliphatic carbocycles. The number of methoxy groups -OCH3 is 2. The van der Waals surface area contributed by atoms with Crippen molar-refractivity contribution in [2.75, 3.05) is 20.8 Å². The molecule has 1 rings (SSSR count). The fraction of sp³-hybridized carbons (Fsp3) is 0.417. The van der Waals surface area contributed by atoms with Crippen LogP contribution in [-0.2, 0) is 14.3 Å². The number of hydrogen-bond donors (Lipinski definition) is 0. The van der Waals surface area contributed by atoms with Crippen LogP contribution >= 0.6 is 0 Å². The van der Waals surface area contributed by atoms with Crippen LogP contribution in [0.3, 0.4) is 0 Å². The molecule has 0 heterocycles. The predicted octanol–water partition coefficient (Wildman–Crippen LogP) is 1.89. The van der Waals surface area contributed by atoms with Crippen molar-refractivity contribution in [2.45, 2.75) is 12.3 Å². The van der Waals surface area contributed by atoms with Crippen LogP contribution in [0, 0.1) is 10.1 Å². The van der Waals surface area contributed by atoms with Crippen molar-refractivity contribution in [1.29, 1.82) is 0 Å². The molecule has 0 saturated heterocycles. The van der Waals surface area contributed by atoms with Crippen LogP contribution in [-0.4, -0.2) is 31.7 Å². The summed E-state index contributed by atoms with van der Waals surface area (Å²) >= 11 is 0. The standard InChI is InChI=1S/C12H15NO5/c1-17-7-6-11(12(14)18-2)9-4-3-5-10(8-9)13(15)16/h3-5,8,11H,6-7H2,1-2H3. The van der Waals surface area contributed by atoms with Gasteiger partial charge in [-0.25, -0.2) is 0 Å². The fourth-order valence-corrected chi connectivity index (χ4v) is 1.65. The molecule has 1 unspecified atom stereocenters. The summed E-state index contributed by atoms with van der Waals surface area (Å²) in [5.41, 5.74) is 0.520. The smallest absolute Gasteiger partial charge is 0.313 e. The van der Waals surface area contributed by atoms with E-state index in [1.165, 1.54) is 26.4 Å². The number of nitrogens with zero attached hydrogens (tertiary/aromatic N) is 1. The van der Waals surface area contributed by atoms with Gasteiger partial charge in [-0.2, -0.15) is 0 Å². The van der Waals surface area contributed by atoms with Gasteiger partial charge in [0.25, 0.3) is 5.69 Å². The molecule has 0 radical (unpaired) electrons. The second-order valence-electron chi connectivity index (χ2n) is 3.71. The quantitative estimate of drug-likeness (QED) is 0.439. The lowest BCUT2D eigenvalue weighted by Gasteiger charge is -2.14. The molecule has 0 aliphatic rings. The van der Waals surface area contributed by atoms with Crippen LogP contribution in [0.2, 0.25) is 0 Å². The van der Waals surface area contributed by atoms with Gasteiger partial charge in [-0.05, 0) is 12.0 Å². The summed E-state index contributed by atoms with van der Waals surface area (Å²) in [5.74, 6) is -0.970. The normalized spacial score (nSPS) is 11.9. The molecule has 18 heavy (non-hydrogen) atoms. The number of rotatable bonds is 6. The maximum atomic E-state index is 11.7. The second kappa shape index (κ2) is 6.70. The van der Waals surface area contributed by atoms with Crippen LogP contribution in [0.1, 0.15) is 17.9 Å². The number of nitro benzene ring substituents is 1. The number of nitro groups is 1. The molecule has 0 fully saturated rings. The highest BCUT2D eigenvalue weighted by molar-refractivity contribution is 5.78. The number of hydrogen-bond acceptors (Lipinski definition) is 5. The predicted molar refractivity (Wildman–Crippen MR) is 64.3 cm³/mol. The molecule has 0 bridgehead atoms. The second-order valence-corrected chi connectivity index (χ2v) is 3.71. The van der Waals surface area contributed by atoms with Crippen molar-refractivity contribution in [1.82, 2.24) is 0 Å². The highest BCUT2D eigenvalue weighted by Gasteiger charge is 2.22. The molecule has 1 atom stereocenters. The van der Waals surface area contributed by atoms with Crippen LogP contribution in [0.5, 0.6) is 0 Å². The minimum atomic E-state index is -0.546. The van der Waals surface area contributed by atoms with E-state index in [2.05, 4.69) is 0 Å². The van der Waals surface area contributed by atoms with E-state index in [0.29, 0.717) is 18.6 Å². The summed E-state index contributed by atoms with van der Waals surface area (Å²) < 4.78 is 9.62. The molecule has 1 aromatic carbocycles. The van der Waals surface area contributed by atoms with Crippen molar-refractivity contribution >= 4 is 11.7 Å². The van der Waals surface area contributed by atoms with Gasteiger partial charge in [0.2, 0.25) is 0 Å². The van der Waals surface area contributed by atoms with Crippen LogP contribution in [0.15, 0.2) is 24.3 Å². The average Bonchev–Trinajstić information content (AvgIpc) is 2.39. The van der Waals surface area contributed by atoms with E-state index >= 15 is 0 Å². The first kappa shape index (κ1) is 14.1. The lowest BCUT2D eigenvalue weighted by Crippen LogP contribution is -2.16. The maximum absolute atomic E-state index is 11.7. The molecule has 0 aromatic heterocycles. The number of carbonyl (C=O) groups is 1. The van der Waals surface area contributed by atoms with E-state index in [1.807, 2.05) is 0 Å². The molecule has 1 aromatic rings. The van der Waals surface area contributed by atoms with Crippen molar-refractivity contribution < 1.29 is 19.2 Å². The molecule has 0 aliphatic heterocycles. The SMILES string of the molecule is COCCC(C(=O)OC)c1cccc([N+](=O)[O-])c1. The molecule has 0 saturated carbocycles. The van der Waals surface area contributed by atoms with Crippen LogP contribution in [0.25, 0.3) is 0 Å². The molecular formula is C12H15NO5. The van der Waals surface area contributed by atoms with Gasteiger partial charge < -0.3 is 9.47 Å². The van der Waals surface area contributed by atoms with E-state index in [1.54, 1.807) is 12.1 Å². The third-order valence-electron chi connectivity index (χ3n) is 2.58. The Kier molecular flexibility index (Phi) is 5.26. The Bertz CT molecular complexity index is 432. The van der Waals surface area contributed by atoms with Crippen molar-refractivity contribution in [3.63, 3.8) is 0 Å². The van der Waals surface area contributed by atoms with Gasteiger partial charge in [0, 0.05) is 25.8 Å². The van der Waals surface area contributed by atoms with E-state index in [9.17, 15) is 14.9 Å². The highest BCUT2D eigenvalue weighted by Crippen LogP contribution is 2.24. The first-order valence-corrected chi connectivity index (χ1v) is 5.41. The molecule has 0 amide bonds. The van der Waals surface area contributed by atoms with Crippen molar-refractivity contribution in [3.8, 4) is 0 Å². The fourth-order valence-electron chi connectivity index (χ4n) is 1.65. The highest BCUT2D eigenvalue weighted by atomic mass is 16.6. The van der Waals surface area contributed by atoms with Crippen molar-refractivity contribution in [3.05, 3.63) is 39.9 Å². The monoisotopic (exact) mass is 253 g/mol. The van der Waals surface area contributed by atoms with Gasteiger partial charge in [-0.15, -0.1) is 0 Å². The molecule has 0 spiro atoms. The molecule has 6 nitrogen and oxygen atoms in total. The summed E-state index contributed by atoms with van der Waals surface area (Å²) in [6, 6.07) is 5.99. The first-order valence-electron chi connectivity index (χ1n) is 5.41. The third kappa shape index (κ3) is 3.53. The zero-order valence-corrected chi connectivity index (χ0v) is 10.3. The van der Waals surface area contributed by atoms with E-state index in [-0.39, 0.29) is 5.69 Å². The summed E-state index contributed by atoms with van der Waals surface area (Å²) in [6.07, 6.45) is 0.421. The number of non-ortho nitro benzene ring substituents is 1. The number of ether oxygens (including phenoxy) is 2. The topological polar surface area (TPSA) is 78.7 Å². The Morgan fingerprint density at radius 2 is 2.17 bits per heavy atom. The lowest BCUT2D eigenvalue weighted by atomic mass is 9.96. The Hall–Kier alpha value is -1.95. The van der Waals surface area contributed by atoms with Crippen molar-refractivity contribution in [2.24, 2.45) is 0 Å². The summed E-state index contributed by atoms with van der Waals surface area (Å²) in [4.78, 5) is 21.9. The summed E-state index contributed by atoms with van der Waals surface area (Å²) in [5, 5.41) is 10.7. The number of benzene rings is 1. The number of esters is 1. The van der Waals surface area contributed by atoms with Gasteiger partial charge in [-0.3, -0.25) is 14.9 Å². The van der Waals surface area contributed by atoms with E-state index < -0.39 is 16.8 Å². The zero-order chi connectivity index (χ0) is 13.5. The Balaban J connectivity index is 3.00. The summed E-state index contributed by atoms with van der Waals surface area (Å²) in [7, 11) is 2.82. The minimum Gasteiger partial charge on any atom is -0.469 e. The first-order chi connectivity index (χ1) is 8.60. The van der Waals surface area contributed by atoms with E-state index in [0.717, 1.165) is 0 Å². The van der Waals surface area contributed by atoms with Gasteiger partial charge in [-0.1, -0.05) is 12.1 Å². The van der Waals surface area contributed by atoms with Gasteiger partial charge in [0.05, 0.1) is 18.0 Å². The lowest BCUT2D eigenvalue weighted by molar-refractivity contribution is -0.384. The van der Waals surface area contributed by atoms with Crippen LogP contribution in [0.4, 0.5) is 5.69 Å². The zero-order valence-electron chi connectivity index (χ0n) is 10.3. The summed E-state index contributed by atoms with van der Waals surface area (Å²) in [6.45, 7) is 0.377. The average molecular weight is 253 g/mol. The number of carbonyl (C=O) groups excluding carboxylic acids is 1. The minimum absolute atomic E-state index is 0.0428. The van der Waals surface area contributed by atoms with Gasteiger partial charge >= 0.3 is 5.97 Å². The molecule has 6 heteroatoms. The Morgan fingerprint density at radius 3 is 2.72 bits per heavy atom. The maximum Gasteiger partial charge on any atom is 0.313 e. The Labute approximate surface area is 105 Å². The van der Waals surface area contributed by atoms with Crippen LogP contribution < -0.4 is 0 Å². The van der Waals surface area contributed by atoms with Gasteiger partial charge in [0.1, 0.15) is 0 Å². The van der Waals surface area contributed by atoms with E-state index in [4.69, 9.17) is 9.47 Å². The largest absolute Gasteiger partial charge is 0.469 e. The molecule has 0 N–H and O–H groups in total. The van der Waals surface area contributed by atoms with Gasteiger partial charge in [0.15, 0.2) is 0 Å². The Morgan fingerprint density at radius 1 is 1.44 bits per heavy atom. The molecule has 98 valence electrons. The molecular weight excluding hydrogens is 238 g/mol.